The second kappa shape index (κ2) is 7.28. The molecule has 2 rings (SSSR count). The molecule has 2 unspecified atom stereocenters. The number of ether oxygens (including phenoxy) is 1. The molecule has 0 aliphatic rings. The molecule has 1 N–H and O–H groups in total. The third-order valence-corrected chi connectivity index (χ3v) is 2.85. The second-order valence-corrected chi connectivity index (χ2v) is 4.50. The average Bonchev–Trinajstić information content (AvgIpc) is 2.52. The van der Waals surface area contributed by atoms with Gasteiger partial charge in [0.2, 0.25) is 0 Å². The standard InChI is InChI=1S/C18H16O3/c1-14(19)21-18(16-10-6-3-7-11-16)13-12-17(20)15-8-4-2-5-9-15/h2-11,17-18,20H,1H3. The summed E-state index contributed by atoms with van der Waals surface area (Å²) in [6.07, 6.45) is -1.59. The topological polar surface area (TPSA) is 46.5 Å². The zero-order valence-electron chi connectivity index (χ0n) is 11.7. The highest BCUT2D eigenvalue weighted by Crippen LogP contribution is 2.18. The van der Waals surface area contributed by atoms with Crippen molar-refractivity contribution in [1.29, 1.82) is 0 Å². The second-order valence-electron chi connectivity index (χ2n) is 4.50. The van der Waals surface area contributed by atoms with E-state index < -0.39 is 18.2 Å². The van der Waals surface area contributed by atoms with Gasteiger partial charge in [-0.2, -0.15) is 0 Å². The molecule has 2 aromatic carbocycles. The first kappa shape index (κ1) is 14.8. The van der Waals surface area contributed by atoms with Crippen LogP contribution in [0.2, 0.25) is 0 Å². The lowest BCUT2D eigenvalue weighted by Gasteiger charge is -2.11. The van der Waals surface area contributed by atoms with Crippen LogP contribution in [0.4, 0.5) is 0 Å². The summed E-state index contributed by atoms with van der Waals surface area (Å²) in [4.78, 5) is 11.2. The first-order valence-electron chi connectivity index (χ1n) is 6.63. The maximum absolute atomic E-state index is 11.2. The molecule has 0 aromatic heterocycles. The molecule has 0 aliphatic carbocycles. The number of esters is 1. The maximum Gasteiger partial charge on any atom is 0.304 e. The Morgan fingerprint density at radius 2 is 1.48 bits per heavy atom. The van der Waals surface area contributed by atoms with E-state index >= 15 is 0 Å². The highest BCUT2D eigenvalue weighted by Gasteiger charge is 2.11. The van der Waals surface area contributed by atoms with E-state index in [1.807, 2.05) is 48.5 Å². The number of carbonyl (C=O) groups is 1. The first-order chi connectivity index (χ1) is 10.2. The lowest BCUT2D eigenvalue weighted by Crippen LogP contribution is -2.07. The summed E-state index contributed by atoms with van der Waals surface area (Å²) in [5.41, 5.74) is 1.49. The van der Waals surface area contributed by atoms with Gasteiger partial charge in [0.1, 0.15) is 6.10 Å². The molecule has 0 radical (unpaired) electrons. The van der Waals surface area contributed by atoms with Crippen molar-refractivity contribution < 1.29 is 14.6 Å². The summed E-state index contributed by atoms with van der Waals surface area (Å²) in [5, 5.41) is 10.0. The number of hydrogen-bond donors (Lipinski definition) is 1. The molecule has 0 aliphatic heterocycles. The number of rotatable bonds is 3. The lowest BCUT2D eigenvalue weighted by atomic mass is 10.1. The predicted molar refractivity (Wildman–Crippen MR) is 80.1 cm³/mol. The SMILES string of the molecule is CC(=O)OC(C#CC(O)c1ccccc1)c1ccccc1. The molecule has 0 spiro atoms. The number of hydrogen-bond acceptors (Lipinski definition) is 3. The van der Waals surface area contributed by atoms with Crippen molar-refractivity contribution in [2.24, 2.45) is 0 Å². The fraction of sp³-hybridized carbons (Fsp3) is 0.167. The Hall–Kier alpha value is -2.57. The molecule has 2 aromatic rings. The lowest BCUT2D eigenvalue weighted by molar-refractivity contribution is -0.144. The Bertz CT molecular complexity index is 638. The minimum atomic E-state index is -0.909. The van der Waals surface area contributed by atoms with Crippen LogP contribution in [-0.2, 0) is 9.53 Å². The highest BCUT2D eigenvalue weighted by molar-refractivity contribution is 5.66. The molecule has 3 nitrogen and oxygen atoms in total. The van der Waals surface area contributed by atoms with Gasteiger partial charge in [-0.15, -0.1) is 0 Å². The van der Waals surface area contributed by atoms with E-state index in [4.69, 9.17) is 4.74 Å². The third-order valence-electron chi connectivity index (χ3n) is 2.85. The number of carbonyl (C=O) groups excluding carboxylic acids is 1. The van der Waals surface area contributed by atoms with Gasteiger partial charge in [0.05, 0.1) is 0 Å². The van der Waals surface area contributed by atoms with E-state index in [0.29, 0.717) is 5.56 Å². The Morgan fingerprint density at radius 3 is 2.00 bits per heavy atom. The summed E-state index contributed by atoms with van der Waals surface area (Å²) in [6, 6.07) is 18.4. The molecule has 0 amide bonds. The fourth-order valence-electron chi connectivity index (χ4n) is 1.85. The molecule has 0 saturated carbocycles. The molecule has 0 fully saturated rings. The van der Waals surface area contributed by atoms with Crippen LogP contribution in [-0.4, -0.2) is 11.1 Å². The third kappa shape index (κ3) is 4.48. The molecule has 0 bridgehead atoms. The van der Waals surface area contributed by atoms with Gasteiger partial charge in [-0.05, 0) is 5.56 Å². The zero-order valence-corrected chi connectivity index (χ0v) is 11.7. The molecule has 21 heavy (non-hydrogen) atoms. The summed E-state index contributed by atoms with van der Waals surface area (Å²) in [5.74, 6) is 5.14. The largest absolute Gasteiger partial charge is 0.444 e. The monoisotopic (exact) mass is 280 g/mol. The number of benzene rings is 2. The predicted octanol–water partition coefficient (Wildman–Crippen LogP) is 3.03. The van der Waals surface area contributed by atoms with Gasteiger partial charge in [0, 0.05) is 12.5 Å². The van der Waals surface area contributed by atoms with Crippen LogP contribution in [0.25, 0.3) is 0 Å². The molecule has 2 atom stereocenters. The van der Waals surface area contributed by atoms with Crippen molar-refractivity contribution in [2.75, 3.05) is 0 Å². The maximum atomic E-state index is 11.2. The quantitative estimate of drug-likeness (QED) is 0.694. The van der Waals surface area contributed by atoms with Crippen LogP contribution < -0.4 is 0 Å². The summed E-state index contributed by atoms with van der Waals surface area (Å²) in [6.45, 7) is 1.34. The number of aliphatic hydroxyl groups is 1. The van der Waals surface area contributed by atoms with Crippen molar-refractivity contribution in [3.8, 4) is 11.8 Å². The number of aliphatic hydroxyl groups excluding tert-OH is 1. The molecule has 0 heterocycles. The van der Waals surface area contributed by atoms with E-state index in [1.165, 1.54) is 6.92 Å². The van der Waals surface area contributed by atoms with Crippen molar-refractivity contribution >= 4 is 5.97 Å². The van der Waals surface area contributed by atoms with Crippen LogP contribution >= 0.6 is 0 Å². The van der Waals surface area contributed by atoms with Crippen molar-refractivity contribution in [1.82, 2.24) is 0 Å². The van der Waals surface area contributed by atoms with E-state index in [9.17, 15) is 9.90 Å². The Labute approximate surface area is 124 Å². The fourth-order valence-corrected chi connectivity index (χ4v) is 1.85. The van der Waals surface area contributed by atoms with Crippen LogP contribution in [0.5, 0.6) is 0 Å². The van der Waals surface area contributed by atoms with Crippen LogP contribution in [0.15, 0.2) is 60.7 Å². The molecular formula is C18H16O3. The molecule has 0 saturated heterocycles. The van der Waals surface area contributed by atoms with Gasteiger partial charge in [-0.3, -0.25) is 4.79 Å². The minimum absolute atomic E-state index is 0.410. The van der Waals surface area contributed by atoms with Crippen LogP contribution in [0.3, 0.4) is 0 Å². The van der Waals surface area contributed by atoms with Crippen molar-refractivity contribution in [3.63, 3.8) is 0 Å². The van der Waals surface area contributed by atoms with Gasteiger partial charge in [-0.1, -0.05) is 72.5 Å². The normalized spacial score (nSPS) is 12.7. The highest BCUT2D eigenvalue weighted by atomic mass is 16.5. The Balaban J connectivity index is 2.20. The average molecular weight is 280 g/mol. The van der Waals surface area contributed by atoms with E-state index in [1.54, 1.807) is 12.1 Å². The van der Waals surface area contributed by atoms with Gasteiger partial charge in [0.25, 0.3) is 0 Å². The van der Waals surface area contributed by atoms with E-state index in [-0.39, 0.29) is 0 Å². The zero-order chi connectivity index (χ0) is 15.1. The van der Waals surface area contributed by atoms with E-state index in [0.717, 1.165) is 5.56 Å². The molecular weight excluding hydrogens is 264 g/mol. The molecule has 3 heteroatoms. The van der Waals surface area contributed by atoms with Crippen molar-refractivity contribution in [2.45, 2.75) is 19.1 Å². The van der Waals surface area contributed by atoms with Crippen molar-refractivity contribution in [3.05, 3.63) is 71.8 Å². The summed E-state index contributed by atoms with van der Waals surface area (Å²) in [7, 11) is 0. The minimum Gasteiger partial charge on any atom is -0.444 e. The smallest absolute Gasteiger partial charge is 0.304 e. The Kier molecular flexibility index (Phi) is 5.14. The van der Waals surface area contributed by atoms with Gasteiger partial charge < -0.3 is 9.84 Å². The van der Waals surface area contributed by atoms with Crippen LogP contribution in [0.1, 0.15) is 30.3 Å². The summed E-state index contributed by atoms with van der Waals surface area (Å²) >= 11 is 0. The van der Waals surface area contributed by atoms with Gasteiger partial charge >= 0.3 is 5.97 Å². The van der Waals surface area contributed by atoms with Gasteiger partial charge in [-0.25, -0.2) is 0 Å². The van der Waals surface area contributed by atoms with Crippen LogP contribution in [0, 0.1) is 11.8 Å². The first-order valence-corrected chi connectivity index (χ1v) is 6.63. The van der Waals surface area contributed by atoms with Gasteiger partial charge in [0.15, 0.2) is 6.10 Å². The molecule has 106 valence electrons. The van der Waals surface area contributed by atoms with E-state index in [2.05, 4.69) is 11.8 Å². The summed E-state index contributed by atoms with van der Waals surface area (Å²) < 4.78 is 5.20. The Morgan fingerprint density at radius 1 is 0.952 bits per heavy atom.